The van der Waals surface area contributed by atoms with Gasteiger partial charge in [-0.3, -0.25) is 4.98 Å². The van der Waals surface area contributed by atoms with Gasteiger partial charge in [0.2, 0.25) is 0 Å². The minimum atomic E-state index is 1.11. The second kappa shape index (κ2) is 8.19. The summed E-state index contributed by atoms with van der Waals surface area (Å²) in [6, 6.07) is 45.6. The molecule has 3 aromatic heterocycles. The maximum Gasteiger partial charge on any atom is 0.0788 e. The van der Waals surface area contributed by atoms with Crippen molar-refractivity contribution in [3.05, 3.63) is 140 Å². The van der Waals surface area contributed by atoms with Gasteiger partial charge in [0.15, 0.2) is 0 Å². The molecule has 3 nitrogen and oxygen atoms in total. The van der Waals surface area contributed by atoms with Crippen molar-refractivity contribution in [3.63, 3.8) is 0 Å². The Kier molecular flexibility index (Phi) is 4.52. The van der Waals surface area contributed by atoms with Gasteiger partial charge in [-0.2, -0.15) is 0 Å². The zero-order valence-electron chi connectivity index (χ0n) is 20.6. The number of aromatic nitrogens is 3. The van der Waals surface area contributed by atoms with Crippen LogP contribution in [0, 0.1) is 0 Å². The topological polar surface area (TPSA) is 22.8 Å². The van der Waals surface area contributed by atoms with E-state index in [0.29, 0.717) is 0 Å². The first-order valence-electron chi connectivity index (χ1n) is 12.9. The minimum Gasteiger partial charge on any atom is -0.307 e. The number of rotatable bonds is 3. The number of para-hydroxylation sites is 2. The number of pyridine rings is 1. The molecule has 5 aromatic carbocycles. The fraction of sp³-hybridized carbons (Fsp3) is 0. The fourth-order valence-electron chi connectivity index (χ4n) is 5.96. The summed E-state index contributed by atoms with van der Waals surface area (Å²) < 4.78 is 4.82. The predicted octanol–water partition coefficient (Wildman–Crippen LogP) is 8.94. The Morgan fingerprint density at radius 1 is 0.368 bits per heavy atom. The third-order valence-corrected chi connectivity index (χ3v) is 7.62. The van der Waals surface area contributed by atoms with Gasteiger partial charge in [-0.15, -0.1) is 0 Å². The van der Waals surface area contributed by atoms with Crippen LogP contribution in [-0.2, 0) is 0 Å². The molecule has 0 amide bonds. The van der Waals surface area contributed by atoms with E-state index in [1.54, 1.807) is 0 Å². The lowest BCUT2D eigenvalue weighted by atomic mass is 10.1. The van der Waals surface area contributed by atoms with Gasteiger partial charge in [0, 0.05) is 45.3 Å². The van der Waals surface area contributed by atoms with Gasteiger partial charge >= 0.3 is 0 Å². The number of nitrogens with zero attached hydrogens (tertiary/aromatic N) is 3. The minimum absolute atomic E-state index is 1.11. The van der Waals surface area contributed by atoms with Crippen LogP contribution in [0.1, 0.15) is 0 Å². The normalized spacial score (nSPS) is 11.7. The molecule has 0 spiro atoms. The molecule has 0 bridgehead atoms. The third-order valence-electron chi connectivity index (χ3n) is 7.62. The summed E-state index contributed by atoms with van der Waals surface area (Å²) in [6.07, 6.45) is 3.74. The third kappa shape index (κ3) is 2.99. The molecule has 38 heavy (non-hydrogen) atoms. The highest BCUT2D eigenvalue weighted by atomic mass is 15.0. The monoisotopic (exact) mass is 485 g/mol. The summed E-state index contributed by atoms with van der Waals surface area (Å²) in [6.45, 7) is 0. The zero-order chi connectivity index (χ0) is 25.1. The molecule has 0 aliphatic heterocycles. The summed E-state index contributed by atoms with van der Waals surface area (Å²) in [5.74, 6) is 0. The van der Waals surface area contributed by atoms with Gasteiger partial charge in [-0.1, -0.05) is 91.0 Å². The van der Waals surface area contributed by atoms with Crippen molar-refractivity contribution in [1.82, 2.24) is 14.1 Å². The first-order valence-corrected chi connectivity index (χ1v) is 12.9. The molecule has 0 saturated carbocycles. The average molecular weight is 486 g/mol. The molecule has 0 aliphatic rings. The number of hydrogen-bond donors (Lipinski definition) is 0. The molecular weight excluding hydrogens is 462 g/mol. The Morgan fingerprint density at radius 2 is 0.842 bits per heavy atom. The van der Waals surface area contributed by atoms with Crippen LogP contribution in [0.5, 0.6) is 0 Å². The van der Waals surface area contributed by atoms with Gasteiger partial charge in [0.1, 0.15) is 0 Å². The van der Waals surface area contributed by atoms with E-state index in [-0.39, 0.29) is 0 Å². The molecule has 3 heterocycles. The van der Waals surface area contributed by atoms with Gasteiger partial charge in [-0.25, -0.2) is 0 Å². The van der Waals surface area contributed by atoms with Crippen molar-refractivity contribution in [3.8, 4) is 22.5 Å². The van der Waals surface area contributed by atoms with E-state index in [9.17, 15) is 0 Å². The fourth-order valence-corrected chi connectivity index (χ4v) is 5.96. The van der Waals surface area contributed by atoms with Crippen LogP contribution in [-0.4, -0.2) is 14.1 Å². The zero-order valence-corrected chi connectivity index (χ0v) is 20.6. The SMILES string of the molecule is c1ccc(-c2ccc(-n3c4ccccc4c4ccc5c6ccccc6n(-c6ccncc6)c5c43)cc2)cc1. The standard InChI is InChI=1S/C35H23N3/c1-2-8-24(9-3-1)25-14-16-26(17-15-25)37-32-12-6-4-10-28(32)30-18-19-31-29-11-5-7-13-33(29)38(35(31)34(30)37)27-20-22-36-23-21-27/h1-23H. The number of benzene rings is 5. The van der Waals surface area contributed by atoms with Crippen LogP contribution >= 0.6 is 0 Å². The van der Waals surface area contributed by atoms with Crippen molar-refractivity contribution < 1.29 is 0 Å². The maximum absolute atomic E-state index is 4.29. The Morgan fingerprint density at radius 3 is 1.42 bits per heavy atom. The highest BCUT2D eigenvalue weighted by molar-refractivity contribution is 6.23. The van der Waals surface area contributed by atoms with Crippen molar-refractivity contribution in [1.29, 1.82) is 0 Å². The highest BCUT2D eigenvalue weighted by Crippen LogP contribution is 2.41. The summed E-state index contributed by atoms with van der Waals surface area (Å²) >= 11 is 0. The van der Waals surface area contributed by atoms with Crippen LogP contribution in [0.25, 0.3) is 66.1 Å². The van der Waals surface area contributed by atoms with E-state index in [1.807, 2.05) is 12.4 Å². The second-order valence-electron chi connectivity index (χ2n) is 9.68. The summed E-state index contributed by atoms with van der Waals surface area (Å²) in [5.41, 5.74) is 9.51. The number of hydrogen-bond acceptors (Lipinski definition) is 1. The lowest BCUT2D eigenvalue weighted by molar-refractivity contribution is 1.14. The Hall–Kier alpha value is -5.15. The predicted molar refractivity (Wildman–Crippen MR) is 158 cm³/mol. The van der Waals surface area contributed by atoms with Crippen LogP contribution in [0.4, 0.5) is 0 Å². The summed E-state index contributed by atoms with van der Waals surface area (Å²) in [4.78, 5) is 4.29. The van der Waals surface area contributed by atoms with Gasteiger partial charge in [-0.05, 0) is 47.5 Å². The molecule has 0 radical (unpaired) electrons. The van der Waals surface area contributed by atoms with Crippen molar-refractivity contribution in [2.24, 2.45) is 0 Å². The van der Waals surface area contributed by atoms with Crippen molar-refractivity contribution in [2.75, 3.05) is 0 Å². The summed E-state index contributed by atoms with van der Waals surface area (Å²) in [7, 11) is 0. The van der Waals surface area contributed by atoms with Gasteiger partial charge in [0.25, 0.3) is 0 Å². The molecule has 0 aliphatic carbocycles. The van der Waals surface area contributed by atoms with Crippen LogP contribution in [0.15, 0.2) is 140 Å². The molecule has 8 aromatic rings. The highest BCUT2D eigenvalue weighted by Gasteiger charge is 2.20. The molecule has 178 valence electrons. The molecule has 0 unspecified atom stereocenters. The van der Waals surface area contributed by atoms with Crippen LogP contribution in [0.2, 0.25) is 0 Å². The average Bonchev–Trinajstić information content (AvgIpc) is 3.51. The molecule has 0 saturated heterocycles. The summed E-state index contributed by atoms with van der Waals surface area (Å²) in [5, 5.41) is 4.99. The van der Waals surface area contributed by atoms with Crippen molar-refractivity contribution in [2.45, 2.75) is 0 Å². The van der Waals surface area contributed by atoms with Crippen LogP contribution < -0.4 is 0 Å². The molecule has 0 N–H and O–H groups in total. The number of fused-ring (bicyclic) bond motifs is 7. The second-order valence-corrected chi connectivity index (χ2v) is 9.68. The Balaban J connectivity index is 1.52. The Bertz CT molecular complexity index is 2100. The quantitative estimate of drug-likeness (QED) is 0.245. The lowest BCUT2D eigenvalue weighted by Crippen LogP contribution is -1.98. The van der Waals surface area contributed by atoms with Gasteiger partial charge in [0.05, 0.1) is 22.1 Å². The van der Waals surface area contributed by atoms with E-state index in [1.165, 1.54) is 54.7 Å². The van der Waals surface area contributed by atoms with Crippen LogP contribution in [0.3, 0.4) is 0 Å². The molecule has 3 heteroatoms. The largest absolute Gasteiger partial charge is 0.307 e. The lowest BCUT2D eigenvalue weighted by Gasteiger charge is -2.13. The maximum atomic E-state index is 4.29. The van der Waals surface area contributed by atoms with E-state index in [4.69, 9.17) is 0 Å². The van der Waals surface area contributed by atoms with Gasteiger partial charge < -0.3 is 9.13 Å². The first kappa shape index (κ1) is 21.0. The van der Waals surface area contributed by atoms with E-state index >= 15 is 0 Å². The molecule has 0 atom stereocenters. The van der Waals surface area contributed by atoms with E-state index in [2.05, 4.69) is 142 Å². The van der Waals surface area contributed by atoms with Crippen molar-refractivity contribution >= 4 is 43.6 Å². The van der Waals surface area contributed by atoms with E-state index in [0.717, 1.165) is 11.4 Å². The smallest absolute Gasteiger partial charge is 0.0788 e. The molecule has 8 rings (SSSR count). The first-order chi connectivity index (χ1) is 18.9. The molecule has 0 fully saturated rings. The molecular formula is C35H23N3. The van der Waals surface area contributed by atoms with E-state index < -0.39 is 0 Å². The Labute approximate surface area is 219 Å².